The molecular weight excluding hydrogens is 380 g/mol. The van der Waals surface area contributed by atoms with Gasteiger partial charge in [0.2, 0.25) is 0 Å². The Morgan fingerprint density at radius 1 is 0.714 bits per heavy atom. The summed E-state index contributed by atoms with van der Waals surface area (Å²) in [6, 6.07) is 18.7. The highest BCUT2D eigenvalue weighted by Gasteiger charge is 2.13. The predicted octanol–water partition coefficient (Wildman–Crippen LogP) is 3.21. The summed E-state index contributed by atoms with van der Waals surface area (Å²) in [5, 5.41) is 17.0. The second kappa shape index (κ2) is 8.37. The van der Waals surface area contributed by atoms with Crippen LogP contribution in [0.1, 0.15) is 31.1 Å². The van der Waals surface area contributed by atoms with E-state index in [2.05, 4.69) is 10.6 Å². The molecule has 3 aromatic carbocycles. The maximum Gasteiger partial charge on any atom is 0.256 e. The van der Waals surface area contributed by atoms with Gasteiger partial charge in [0, 0.05) is 33.1 Å². The standard InChI is InChI=1S/C21H15ClN2O4/c22-14-6-4-8-16(12-14)23-19(25)13-5-3-7-15(11-13)24-20(26)17-9-1-2-10-18(17)21(27)28/h1-12H,(H,23,25)(H,24,26)(H,27,28)/p-1. The van der Waals surface area contributed by atoms with E-state index in [0.29, 0.717) is 22.0 Å². The molecule has 0 atom stereocenters. The Kier molecular flexibility index (Phi) is 5.72. The number of carboxylic acids is 1. The average molecular weight is 394 g/mol. The molecule has 0 aromatic heterocycles. The number of halogens is 1. The summed E-state index contributed by atoms with van der Waals surface area (Å²) in [6.07, 6.45) is 0. The van der Waals surface area contributed by atoms with Gasteiger partial charge in [0.1, 0.15) is 0 Å². The Morgan fingerprint density at radius 2 is 1.32 bits per heavy atom. The fourth-order valence-corrected chi connectivity index (χ4v) is 2.76. The van der Waals surface area contributed by atoms with Crippen molar-refractivity contribution in [2.24, 2.45) is 0 Å². The Bertz CT molecular complexity index is 1070. The highest BCUT2D eigenvalue weighted by Crippen LogP contribution is 2.18. The van der Waals surface area contributed by atoms with Gasteiger partial charge in [0.05, 0.1) is 5.97 Å². The van der Waals surface area contributed by atoms with Crippen LogP contribution in [0.5, 0.6) is 0 Å². The van der Waals surface area contributed by atoms with Crippen LogP contribution >= 0.6 is 11.6 Å². The zero-order valence-corrected chi connectivity index (χ0v) is 15.2. The molecule has 140 valence electrons. The Hall–Kier alpha value is -3.64. The molecule has 7 heteroatoms. The Labute approximate surface area is 165 Å². The van der Waals surface area contributed by atoms with Crippen LogP contribution in [0.25, 0.3) is 0 Å². The Morgan fingerprint density at radius 3 is 2.00 bits per heavy atom. The van der Waals surface area contributed by atoms with Crippen LogP contribution in [0.2, 0.25) is 5.02 Å². The maximum absolute atomic E-state index is 12.4. The van der Waals surface area contributed by atoms with E-state index >= 15 is 0 Å². The van der Waals surface area contributed by atoms with Crippen LogP contribution in [-0.4, -0.2) is 17.8 Å². The van der Waals surface area contributed by atoms with E-state index in [4.69, 9.17) is 11.6 Å². The van der Waals surface area contributed by atoms with Crippen LogP contribution in [-0.2, 0) is 0 Å². The third kappa shape index (κ3) is 4.55. The molecule has 0 aliphatic rings. The van der Waals surface area contributed by atoms with Gasteiger partial charge in [-0.2, -0.15) is 0 Å². The molecule has 3 rings (SSSR count). The normalized spacial score (nSPS) is 10.2. The average Bonchev–Trinajstić information content (AvgIpc) is 2.68. The molecule has 0 saturated carbocycles. The van der Waals surface area contributed by atoms with Gasteiger partial charge in [0.25, 0.3) is 11.8 Å². The number of amides is 2. The minimum atomic E-state index is -1.44. The topological polar surface area (TPSA) is 98.3 Å². The first-order chi connectivity index (χ1) is 13.4. The number of nitrogens with one attached hydrogen (secondary N) is 2. The van der Waals surface area contributed by atoms with Crippen LogP contribution < -0.4 is 15.7 Å². The number of benzene rings is 3. The van der Waals surface area contributed by atoms with Gasteiger partial charge in [-0.3, -0.25) is 9.59 Å². The number of hydrogen-bond acceptors (Lipinski definition) is 4. The lowest BCUT2D eigenvalue weighted by molar-refractivity contribution is -0.255. The molecule has 0 aliphatic carbocycles. The van der Waals surface area contributed by atoms with E-state index in [1.807, 2.05) is 0 Å². The van der Waals surface area contributed by atoms with Crippen LogP contribution in [0, 0.1) is 0 Å². The number of anilines is 2. The maximum atomic E-state index is 12.4. The van der Waals surface area contributed by atoms with Gasteiger partial charge < -0.3 is 20.5 Å². The molecule has 0 bridgehead atoms. The fraction of sp³-hybridized carbons (Fsp3) is 0. The number of rotatable bonds is 5. The molecule has 2 amide bonds. The van der Waals surface area contributed by atoms with E-state index < -0.39 is 11.9 Å². The van der Waals surface area contributed by atoms with Crippen molar-refractivity contribution in [1.82, 2.24) is 0 Å². The number of carbonyl (C=O) groups is 3. The van der Waals surface area contributed by atoms with Crippen LogP contribution in [0.15, 0.2) is 72.8 Å². The summed E-state index contributed by atoms with van der Waals surface area (Å²) in [4.78, 5) is 36.0. The van der Waals surface area contributed by atoms with Crippen molar-refractivity contribution >= 4 is 40.8 Å². The molecule has 0 fully saturated rings. The van der Waals surface area contributed by atoms with Gasteiger partial charge in [-0.25, -0.2) is 0 Å². The number of carbonyl (C=O) groups excluding carboxylic acids is 3. The molecule has 0 unspecified atom stereocenters. The summed E-state index contributed by atoms with van der Waals surface area (Å²) in [6.45, 7) is 0. The van der Waals surface area contributed by atoms with E-state index in [1.165, 1.54) is 24.3 Å². The first-order valence-corrected chi connectivity index (χ1v) is 8.60. The van der Waals surface area contributed by atoms with Crippen LogP contribution in [0.3, 0.4) is 0 Å². The highest BCUT2D eigenvalue weighted by molar-refractivity contribution is 6.31. The van der Waals surface area contributed by atoms with Crippen molar-refractivity contribution in [3.8, 4) is 0 Å². The molecule has 3 aromatic rings. The first kappa shape index (κ1) is 19.1. The summed E-state index contributed by atoms with van der Waals surface area (Å²) in [7, 11) is 0. The zero-order valence-electron chi connectivity index (χ0n) is 14.4. The number of carboxylic acid groups (broad SMARTS) is 1. The smallest absolute Gasteiger partial charge is 0.256 e. The third-order valence-electron chi connectivity index (χ3n) is 3.86. The highest BCUT2D eigenvalue weighted by atomic mass is 35.5. The van der Waals surface area contributed by atoms with Crippen molar-refractivity contribution in [2.45, 2.75) is 0 Å². The van der Waals surface area contributed by atoms with Gasteiger partial charge in [-0.1, -0.05) is 41.9 Å². The van der Waals surface area contributed by atoms with Gasteiger partial charge in [0.15, 0.2) is 0 Å². The van der Waals surface area contributed by atoms with E-state index in [-0.39, 0.29) is 17.0 Å². The molecule has 28 heavy (non-hydrogen) atoms. The second-order valence-corrected chi connectivity index (χ2v) is 6.27. The summed E-state index contributed by atoms with van der Waals surface area (Å²) >= 11 is 5.91. The van der Waals surface area contributed by atoms with E-state index in [9.17, 15) is 19.5 Å². The molecular formula is C21H14ClN2O4-. The first-order valence-electron chi connectivity index (χ1n) is 8.23. The third-order valence-corrected chi connectivity index (χ3v) is 4.09. The molecule has 0 heterocycles. The van der Waals surface area contributed by atoms with E-state index in [1.54, 1.807) is 48.5 Å². The minimum Gasteiger partial charge on any atom is -0.545 e. The lowest BCUT2D eigenvalue weighted by atomic mass is 10.1. The van der Waals surface area contributed by atoms with Crippen molar-refractivity contribution < 1.29 is 19.5 Å². The lowest BCUT2D eigenvalue weighted by Crippen LogP contribution is -2.26. The van der Waals surface area contributed by atoms with Gasteiger partial charge in [-0.15, -0.1) is 0 Å². The van der Waals surface area contributed by atoms with Crippen molar-refractivity contribution in [3.05, 3.63) is 94.5 Å². The van der Waals surface area contributed by atoms with Crippen molar-refractivity contribution in [1.29, 1.82) is 0 Å². The van der Waals surface area contributed by atoms with Gasteiger partial charge in [-0.05, 0) is 42.5 Å². The van der Waals surface area contributed by atoms with E-state index in [0.717, 1.165) is 0 Å². The zero-order chi connectivity index (χ0) is 20.1. The van der Waals surface area contributed by atoms with Crippen molar-refractivity contribution in [2.75, 3.05) is 10.6 Å². The summed E-state index contributed by atoms with van der Waals surface area (Å²) in [5.74, 6) is -2.44. The fourth-order valence-electron chi connectivity index (χ4n) is 2.57. The van der Waals surface area contributed by atoms with Crippen molar-refractivity contribution in [3.63, 3.8) is 0 Å². The molecule has 0 saturated heterocycles. The SMILES string of the molecule is O=C(Nc1cccc(Cl)c1)c1cccc(NC(=O)c2ccccc2C(=O)[O-])c1. The summed E-state index contributed by atoms with van der Waals surface area (Å²) < 4.78 is 0. The largest absolute Gasteiger partial charge is 0.545 e. The molecule has 2 N–H and O–H groups in total. The summed E-state index contributed by atoms with van der Waals surface area (Å²) in [5.41, 5.74) is 0.948. The quantitative estimate of drug-likeness (QED) is 0.695. The molecule has 0 aliphatic heterocycles. The van der Waals surface area contributed by atoms with Gasteiger partial charge >= 0.3 is 0 Å². The molecule has 0 spiro atoms. The number of hydrogen-bond donors (Lipinski definition) is 2. The second-order valence-electron chi connectivity index (χ2n) is 5.83. The monoisotopic (exact) mass is 393 g/mol. The molecule has 6 nitrogen and oxygen atoms in total. The minimum absolute atomic E-state index is 0.0312. The Balaban J connectivity index is 1.77. The predicted molar refractivity (Wildman–Crippen MR) is 105 cm³/mol. The molecule has 0 radical (unpaired) electrons. The van der Waals surface area contributed by atoms with Crippen LogP contribution in [0.4, 0.5) is 11.4 Å². The number of aromatic carboxylic acids is 1. The lowest BCUT2D eigenvalue weighted by Gasteiger charge is -2.11.